The molecule has 2 N–H and O–H groups in total. The number of nitrogens with one attached hydrogen (secondary N) is 1. The van der Waals surface area contributed by atoms with E-state index >= 15 is 0 Å². The molecule has 0 radical (unpaired) electrons. The molecular weight excluding hydrogens is 292 g/mol. The number of carbonyl (C=O) groups is 1. The molecule has 0 saturated heterocycles. The van der Waals surface area contributed by atoms with Crippen LogP contribution in [0.1, 0.15) is 27.8 Å². The number of rotatable bonds is 6. The molecule has 0 spiro atoms. The van der Waals surface area contributed by atoms with Gasteiger partial charge in [0.1, 0.15) is 5.03 Å². The van der Waals surface area contributed by atoms with Crippen molar-refractivity contribution in [3.05, 3.63) is 46.3 Å². The van der Waals surface area contributed by atoms with Crippen molar-refractivity contribution >= 4 is 29.0 Å². The van der Waals surface area contributed by atoms with E-state index in [-0.39, 0.29) is 5.91 Å². The first-order valence-electron chi connectivity index (χ1n) is 6.21. The van der Waals surface area contributed by atoms with Crippen LogP contribution in [0.25, 0.3) is 0 Å². The van der Waals surface area contributed by atoms with Crippen LogP contribution in [0.15, 0.2) is 40.9 Å². The normalized spacial score (nSPS) is 12.1. The van der Waals surface area contributed by atoms with Gasteiger partial charge in [0.25, 0.3) is 5.91 Å². The number of hydrogen-bond acceptors (Lipinski definition) is 5. The lowest BCUT2D eigenvalue weighted by Crippen LogP contribution is -2.26. The number of nitrogens with zero attached hydrogens (tertiary/aromatic N) is 1. The Morgan fingerprint density at radius 3 is 3.05 bits per heavy atom. The van der Waals surface area contributed by atoms with Crippen LogP contribution in [0.4, 0.5) is 0 Å². The van der Waals surface area contributed by atoms with Gasteiger partial charge in [-0.1, -0.05) is 6.07 Å². The quantitative estimate of drug-likeness (QED) is 0.806. The summed E-state index contributed by atoms with van der Waals surface area (Å²) < 4.78 is 0. The highest BCUT2D eigenvalue weighted by Gasteiger charge is 2.13. The van der Waals surface area contributed by atoms with Crippen molar-refractivity contribution in [1.29, 1.82) is 0 Å². The molecule has 4 nitrogen and oxygen atoms in total. The van der Waals surface area contributed by atoms with Gasteiger partial charge in [-0.25, -0.2) is 4.98 Å². The highest BCUT2D eigenvalue weighted by molar-refractivity contribution is 7.98. The fourth-order valence-corrected chi connectivity index (χ4v) is 3.06. The van der Waals surface area contributed by atoms with Crippen LogP contribution >= 0.6 is 23.1 Å². The lowest BCUT2D eigenvalue weighted by molar-refractivity contribution is 0.0939. The molecule has 0 aliphatic heterocycles. The van der Waals surface area contributed by atoms with Crippen molar-refractivity contribution in [1.82, 2.24) is 10.3 Å². The number of thioether (sulfide) groups is 1. The zero-order chi connectivity index (χ0) is 14.4. The Morgan fingerprint density at radius 2 is 2.35 bits per heavy atom. The second-order valence-electron chi connectivity index (χ2n) is 4.14. The van der Waals surface area contributed by atoms with Gasteiger partial charge < -0.3 is 10.4 Å². The van der Waals surface area contributed by atoms with E-state index in [1.165, 1.54) is 23.1 Å². The summed E-state index contributed by atoms with van der Waals surface area (Å²) in [4.78, 5) is 17.1. The first-order valence-corrected chi connectivity index (χ1v) is 8.31. The summed E-state index contributed by atoms with van der Waals surface area (Å²) in [5.41, 5.74) is 0.575. The maximum Gasteiger partial charge on any atom is 0.254 e. The molecular formula is C14H16N2O2S2. The molecule has 0 bridgehead atoms. The number of carbonyl (C=O) groups excluding carboxylic acids is 1. The van der Waals surface area contributed by atoms with E-state index in [0.717, 1.165) is 4.88 Å². The van der Waals surface area contributed by atoms with Crippen LogP contribution in [0.3, 0.4) is 0 Å². The molecule has 106 valence electrons. The molecule has 2 heterocycles. The minimum Gasteiger partial charge on any atom is -0.388 e. The molecule has 0 saturated carbocycles. The number of aliphatic hydroxyl groups excluding tert-OH is 1. The van der Waals surface area contributed by atoms with Crippen LogP contribution in [-0.4, -0.2) is 28.8 Å². The van der Waals surface area contributed by atoms with E-state index in [1.807, 2.05) is 23.8 Å². The average molecular weight is 308 g/mol. The monoisotopic (exact) mass is 308 g/mol. The lowest BCUT2D eigenvalue weighted by atomic mass is 10.2. The van der Waals surface area contributed by atoms with E-state index in [1.54, 1.807) is 18.3 Å². The van der Waals surface area contributed by atoms with Gasteiger partial charge in [-0.2, -0.15) is 0 Å². The minimum absolute atomic E-state index is 0.152. The highest BCUT2D eigenvalue weighted by atomic mass is 32.2. The van der Waals surface area contributed by atoms with Crippen LogP contribution in [-0.2, 0) is 0 Å². The molecule has 0 aliphatic carbocycles. The first-order chi connectivity index (χ1) is 9.72. The first kappa shape index (κ1) is 15.0. The SMILES string of the molecule is CSc1ncccc1C(=O)NCC[C@@H](O)c1cccs1. The van der Waals surface area contributed by atoms with Gasteiger partial charge in [-0.05, 0) is 36.3 Å². The summed E-state index contributed by atoms with van der Waals surface area (Å²) in [7, 11) is 0. The predicted molar refractivity (Wildman–Crippen MR) is 82.2 cm³/mol. The van der Waals surface area contributed by atoms with Gasteiger partial charge in [0.15, 0.2) is 0 Å². The summed E-state index contributed by atoms with van der Waals surface area (Å²) in [6, 6.07) is 7.30. The largest absolute Gasteiger partial charge is 0.388 e. The maximum atomic E-state index is 12.0. The van der Waals surface area contributed by atoms with Crippen molar-refractivity contribution < 1.29 is 9.90 Å². The molecule has 2 aromatic heterocycles. The van der Waals surface area contributed by atoms with Crippen molar-refractivity contribution in [2.75, 3.05) is 12.8 Å². The average Bonchev–Trinajstić information content (AvgIpc) is 3.01. The smallest absolute Gasteiger partial charge is 0.254 e. The fraction of sp³-hybridized carbons (Fsp3) is 0.286. The number of pyridine rings is 1. The molecule has 2 aromatic rings. The molecule has 0 aromatic carbocycles. The lowest BCUT2D eigenvalue weighted by Gasteiger charge is -2.10. The van der Waals surface area contributed by atoms with E-state index < -0.39 is 6.10 Å². The molecule has 0 aliphatic rings. The predicted octanol–water partition coefficient (Wildman–Crippen LogP) is 2.72. The number of hydrogen-bond donors (Lipinski definition) is 2. The molecule has 0 fully saturated rings. The van der Waals surface area contributed by atoms with E-state index in [9.17, 15) is 9.90 Å². The van der Waals surface area contributed by atoms with Crippen LogP contribution < -0.4 is 5.32 Å². The van der Waals surface area contributed by atoms with Gasteiger partial charge in [-0.3, -0.25) is 4.79 Å². The molecule has 1 amide bonds. The Balaban J connectivity index is 1.86. The van der Waals surface area contributed by atoms with Crippen molar-refractivity contribution in [2.45, 2.75) is 17.6 Å². The summed E-state index contributed by atoms with van der Waals surface area (Å²) >= 11 is 2.96. The zero-order valence-electron chi connectivity index (χ0n) is 11.1. The number of amides is 1. The van der Waals surface area contributed by atoms with E-state index in [4.69, 9.17) is 0 Å². The van der Waals surface area contributed by atoms with Crippen molar-refractivity contribution in [3.63, 3.8) is 0 Å². The van der Waals surface area contributed by atoms with Crippen molar-refractivity contribution in [3.8, 4) is 0 Å². The third-order valence-electron chi connectivity index (χ3n) is 2.78. The second kappa shape index (κ2) is 7.42. The van der Waals surface area contributed by atoms with E-state index in [2.05, 4.69) is 10.3 Å². The fourth-order valence-electron chi connectivity index (χ4n) is 1.77. The maximum absolute atomic E-state index is 12.0. The molecule has 6 heteroatoms. The Morgan fingerprint density at radius 1 is 1.50 bits per heavy atom. The Hall–Kier alpha value is -1.37. The number of aromatic nitrogens is 1. The molecule has 20 heavy (non-hydrogen) atoms. The summed E-state index contributed by atoms with van der Waals surface area (Å²) in [5.74, 6) is -0.152. The molecule has 0 unspecified atom stereocenters. The van der Waals surface area contributed by atoms with Gasteiger partial charge >= 0.3 is 0 Å². The summed E-state index contributed by atoms with van der Waals surface area (Å²) in [6.07, 6.45) is 3.54. The van der Waals surface area contributed by atoms with Crippen molar-refractivity contribution in [2.24, 2.45) is 0 Å². The number of aliphatic hydroxyl groups is 1. The van der Waals surface area contributed by atoms with Gasteiger partial charge in [0.05, 0.1) is 11.7 Å². The zero-order valence-corrected chi connectivity index (χ0v) is 12.7. The summed E-state index contributed by atoms with van der Waals surface area (Å²) in [5, 5.41) is 15.4. The topological polar surface area (TPSA) is 62.2 Å². The van der Waals surface area contributed by atoms with Crippen LogP contribution in [0, 0.1) is 0 Å². The van der Waals surface area contributed by atoms with Crippen LogP contribution in [0.5, 0.6) is 0 Å². The Bertz CT molecular complexity index is 558. The standard InChI is InChI=1S/C14H16N2O2S2/c1-19-14-10(4-2-7-16-14)13(18)15-8-6-11(17)12-5-3-9-20-12/h2-5,7,9,11,17H,6,8H2,1H3,(H,15,18)/t11-/m1/s1. The summed E-state index contributed by atoms with van der Waals surface area (Å²) in [6.45, 7) is 0.431. The Kier molecular flexibility index (Phi) is 5.58. The van der Waals surface area contributed by atoms with Gasteiger partial charge in [0, 0.05) is 17.6 Å². The van der Waals surface area contributed by atoms with Crippen LogP contribution in [0.2, 0.25) is 0 Å². The molecule has 1 atom stereocenters. The highest BCUT2D eigenvalue weighted by Crippen LogP contribution is 2.21. The van der Waals surface area contributed by atoms with Gasteiger partial charge in [-0.15, -0.1) is 23.1 Å². The third kappa shape index (κ3) is 3.82. The van der Waals surface area contributed by atoms with Gasteiger partial charge in [0.2, 0.25) is 0 Å². The molecule has 2 rings (SSSR count). The Labute approximate surface area is 126 Å². The number of thiophene rings is 1. The minimum atomic E-state index is -0.524. The third-order valence-corrected chi connectivity index (χ3v) is 4.47. The van der Waals surface area contributed by atoms with E-state index in [0.29, 0.717) is 23.6 Å². The second-order valence-corrected chi connectivity index (χ2v) is 5.91.